The van der Waals surface area contributed by atoms with E-state index in [-0.39, 0.29) is 6.23 Å². The number of rotatable bonds is 2. The molecule has 0 aromatic heterocycles. The van der Waals surface area contributed by atoms with Gasteiger partial charge in [0.25, 0.3) is 0 Å². The van der Waals surface area contributed by atoms with Gasteiger partial charge in [-0.2, -0.15) is 0 Å². The zero-order chi connectivity index (χ0) is 9.10. The van der Waals surface area contributed by atoms with Gasteiger partial charge in [-0.05, 0) is 17.7 Å². The van der Waals surface area contributed by atoms with Crippen LogP contribution in [0.1, 0.15) is 5.56 Å². The molecule has 70 valence electrons. The lowest BCUT2D eigenvalue weighted by Gasteiger charge is -2.09. The van der Waals surface area contributed by atoms with E-state index >= 15 is 0 Å². The summed E-state index contributed by atoms with van der Waals surface area (Å²) in [6, 6.07) is 8.36. The molecule has 13 heavy (non-hydrogen) atoms. The Hall–Kier alpha value is -0.380. The summed E-state index contributed by atoms with van der Waals surface area (Å²) in [5.41, 5.74) is 1.31. The zero-order valence-corrected chi connectivity index (χ0v) is 8.88. The Morgan fingerprint density at radius 1 is 1.38 bits per heavy atom. The van der Waals surface area contributed by atoms with Crippen molar-refractivity contribution in [2.75, 3.05) is 13.2 Å². The largest absolute Gasteiger partial charge is 0.362 e. The quantitative estimate of drug-likeness (QED) is 0.855. The highest BCUT2D eigenvalue weighted by Gasteiger charge is 2.14. The predicted octanol–water partition coefficient (Wildman–Crippen LogP) is 1.94. The normalized spacial score (nSPS) is 22.1. The maximum Gasteiger partial charge on any atom is 0.112 e. The standard InChI is InChI=1S/C10H12BrNO/c11-9-3-1-8(2-4-9)7-10-12-5-6-13-10/h1-4,10,12H,5-7H2. The Bertz CT molecular complexity index is 267. The first kappa shape index (κ1) is 9.19. The van der Waals surface area contributed by atoms with Crippen molar-refractivity contribution in [1.29, 1.82) is 0 Å². The first-order valence-electron chi connectivity index (χ1n) is 4.44. The fraction of sp³-hybridized carbons (Fsp3) is 0.400. The fourth-order valence-corrected chi connectivity index (χ4v) is 1.71. The molecular formula is C10H12BrNO. The van der Waals surface area contributed by atoms with Crippen LogP contribution in [0.4, 0.5) is 0 Å². The second-order valence-corrected chi connectivity index (χ2v) is 4.06. The van der Waals surface area contributed by atoms with E-state index in [1.165, 1.54) is 5.56 Å². The number of ether oxygens (including phenoxy) is 1. The molecule has 0 bridgehead atoms. The molecule has 1 unspecified atom stereocenters. The number of nitrogens with one attached hydrogen (secondary N) is 1. The van der Waals surface area contributed by atoms with E-state index in [1.807, 2.05) is 0 Å². The van der Waals surface area contributed by atoms with Gasteiger partial charge in [-0.25, -0.2) is 0 Å². The van der Waals surface area contributed by atoms with Crippen LogP contribution in [0, 0.1) is 0 Å². The van der Waals surface area contributed by atoms with Crippen molar-refractivity contribution in [2.45, 2.75) is 12.6 Å². The van der Waals surface area contributed by atoms with Gasteiger partial charge < -0.3 is 4.74 Å². The molecule has 2 rings (SSSR count). The van der Waals surface area contributed by atoms with Crippen LogP contribution in [0.3, 0.4) is 0 Å². The third-order valence-electron chi connectivity index (χ3n) is 2.13. The molecule has 0 amide bonds. The van der Waals surface area contributed by atoms with Crippen molar-refractivity contribution in [3.8, 4) is 0 Å². The summed E-state index contributed by atoms with van der Waals surface area (Å²) in [4.78, 5) is 0. The van der Waals surface area contributed by atoms with E-state index in [1.54, 1.807) is 0 Å². The average Bonchev–Trinajstić information content (AvgIpc) is 2.62. The van der Waals surface area contributed by atoms with Crippen LogP contribution in [0.2, 0.25) is 0 Å². The van der Waals surface area contributed by atoms with Gasteiger partial charge >= 0.3 is 0 Å². The first-order valence-corrected chi connectivity index (χ1v) is 5.23. The smallest absolute Gasteiger partial charge is 0.112 e. The van der Waals surface area contributed by atoms with E-state index in [4.69, 9.17) is 4.74 Å². The summed E-state index contributed by atoms with van der Waals surface area (Å²) >= 11 is 3.41. The van der Waals surface area contributed by atoms with Gasteiger partial charge in [0.05, 0.1) is 6.61 Å². The van der Waals surface area contributed by atoms with Gasteiger partial charge in [-0.3, -0.25) is 5.32 Å². The molecule has 1 aromatic rings. The lowest BCUT2D eigenvalue weighted by Crippen LogP contribution is -2.24. The van der Waals surface area contributed by atoms with Gasteiger partial charge in [0.1, 0.15) is 6.23 Å². The zero-order valence-electron chi connectivity index (χ0n) is 7.29. The van der Waals surface area contributed by atoms with Crippen molar-refractivity contribution in [2.24, 2.45) is 0 Å². The van der Waals surface area contributed by atoms with Crippen LogP contribution in [-0.2, 0) is 11.2 Å². The minimum atomic E-state index is 0.209. The first-order chi connectivity index (χ1) is 6.34. The van der Waals surface area contributed by atoms with E-state index in [0.29, 0.717) is 0 Å². The van der Waals surface area contributed by atoms with Gasteiger partial charge in [0, 0.05) is 17.4 Å². The van der Waals surface area contributed by atoms with Crippen LogP contribution in [0.25, 0.3) is 0 Å². The highest BCUT2D eigenvalue weighted by Crippen LogP contribution is 2.12. The van der Waals surface area contributed by atoms with Gasteiger partial charge in [-0.1, -0.05) is 28.1 Å². The molecule has 1 aliphatic rings. The topological polar surface area (TPSA) is 21.3 Å². The molecular weight excluding hydrogens is 230 g/mol. The Morgan fingerprint density at radius 3 is 2.77 bits per heavy atom. The minimum Gasteiger partial charge on any atom is -0.362 e. The van der Waals surface area contributed by atoms with Crippen molar-refractivity contribution in [1.82, 2.24) is 5.32 Å². The van der Waals surface area contributed by atoms with E-state index in [0.717, 1.165) is 24.0 Å². The van der Waals surface area contributed by atoms with Crippen molar-refractivity contribution < 1.29 is 4.74 Å². The fourth-order valence-electron chi connectivity index (χ4n) is 1.45. The molecule has 1 heterocycles. The molecule has 1 saturated heterocycles. The van der Waals surface area contributed by atoms with Gasteiger partial charge in [-0.15, -0.1) is 0 Å². The molecule has 0 spiro atoms. The van der Waals surface area contributed by atoms with Crippen LogP contribution in [0.15, 0.2) is 28.7 Å². The molecule has 0 radical (unpaired) electrons. The SMILES string of the molecule is Brc1ccc(CC2NCCO2)cc1. The maximum atomic E-state index is 5.46. The summed E-state index contributed by atoms with van der Waals surface area (Å²) in [7, 11) is 0. The summed E-state index contributed by atoms with van der Waals surface area (Å²) in [6.45, 7) is 1.81. The number of halogens is 1. The van der Waals surface area contributed by atoms with Crippen LogP contribution >= 0.6 is 15.9 Å². The molecule has 2 nitrogen and oxygen atoms in total. The highest BCUT2D eigenvalue weighted by molar-refractivity contribution is 9.10. The second kappa shape index (κ2) is 4.22. The Morgan fingerprint density at radius 2 is 2.15 bits per heavy atom. The number of hydrogen-bond donors (Lipinski definition) is 1. The Labute approximate surface area is 86.4 Å². The summed E-state index contributed by atoms with van der Waals surface area (Å²) < 4.78 is 6.59. The predicted molar refractivity (Wildman–Crippen MR) is 55.6 cm³/mol. The monoisotopic (exact) mass is 241 g/mol. The van der Waals surface area contributed by atoms with Gasteiger partial charge in [0.2, 0.25) is 0 Å². The molecule has 1 fully saturated rings. The Kier molecular flexibility index (Phi) is 2.98. The summed E-state index contributed by atoms with van der Waals surface area (Å²) in [6.07, 6.45) is 1.16. The third kappa shape index (κ3) is 2.53. The van der Waals surface area contributed by atoms with Crippen LogP contribution in [0.5, 0.6) is 0 Å². The van der Waals surface area contributed by atoms with Crippen molar-refractivity contribution in [3.05, 3.63) is 34.3 Å². The lowest BCUT2D eigenvalue weighted by molar-refractivity contribution is 0.102. The highest BCUT2D eigenvalue weighted by atomic mass is 79.9. The molecule has 3 heteroatoms. The number of benzene rings is 1. The van der Waals surface area contributed by atoms with E-state index < -0.39 is 0 Å². The molecule has 0 aliphatic carbocycles. The van der Waals surface area contributed by atoms with Crippen molar-refractivity contribution >= 4 is 15.9 Å². The molecule has 1 aliphatic heterocycles. The molecule has 1 N–H and O–H groups in total. The summed E-state index contributed by atoms with van der Waals surface area (Å²) in [5.74, 6) is 0. The molecule has 0 saturated carbocycles. The summed E-state index contributed by atoms with van der Waals surface area (Å²) in [5, 5.41) is 3.29. The van der Waals surface area contributed by atoms with E-state index in [9.17, 15) is 0 Å². The maximum absolute atomic E-state index is 5.46. The second-order valence-electron chi connectivity index (χ2n) is 3.14. The van der Waals surface area contributed by atoms with Crippen molar-refractivity contribution in [3.63, 3.8) is 0 Å². The van der Waals surface area contributed by atoms with Crippen LogP contribution < -0.4 is 5.32 Å². The van der Waals surface area contributed by atoms with Crippen LogP contribution in [-0.4, -0.2) is 19.4 Å². The Balaban J connectivity index is 1.97. The molecule has 1 atom stereocenters. The van der Waals surface area contributed by atoms with Gasteiger partial charge in [0.15, 0.2) is 0 Å². The molecule has 1 aromatic carbocycles. The lowest BCUT2D eigenvalue weighted by atomic mass is 10.1. The number of hydrogen-bond acceptors (Lipinski definition) is 2. The third-order valence-corrected chi connectivity index (χ3v) is 2.66. The minimum absolute atomic E-state index is 0.209. The average molecular weight is 242 g/mol. The van der Waals surface area contributed by atoms with E-state index in [2.05, 4.69) is 45.5 Å².